The van der Waals surface area contributed by atoms with Gasteiger partial charge in [-0.25, -0.2) is 13.5 Å². The van der Waals surface area contributed by atoms with Gasteiger partial charge in [-0.3, -0.25) is 4.79 Å². The highest BCUT2D eigenvalue weighted by Crippen LogP contribution is 2.49. The first kappa shape index (κ1) is 19.3. The van der Waals surface area contributed by atoms with Crippen molar-refractivity contribution in [2.75, 3.05) is 0 Å². The van der Waals surface area contributed by atoms with Crippen molar-refractivity contribution in [2.45, 2.75) is 57.0 Å². The highest BCUT2D eigenvalue weighted by atomic mass is 35.5. The van der Waals surface area contributed by atoms with Gasteiger partial charge in [0.1, 0.15) is 11.3 Å². The highest BCUT2D eigenvalue weighted by molar-refractivity contribution is 6.30. The van der Waals surface area contributed by atoms with Crippen LogP contribution in [0, 0.1) is 5.95 Å². The summed E-state index contributed by atoms with van der Waals surface area (Å²) in [6.07, 6.45) is 0.607. The molecule has 0 radical (unpaired) electrons. The van der Waals surface area contributed by atoms with Gasteiger partial charge in [-0.15, -0.1) is 0 Å². The van der Waals surface area contributed by atoms with E-state index in [2.05, 4.69) is 12.0 Å². The molecule has 2 aliphatic carbocycles. The van der Waals surface area contributed by atoms with Gasteiger partial charge >= 0.3 is 0 Å². The average Bonchev–Trinajstić information content (AvgIpc) is 3.55. The summed E-state index contributed by atoms with van der Waals surface area (Å²) in [5, 5.41) is 4.05. The minimum atomic E-state index is -3.03. The lowest BCUT2D eigenvalue weighted by Gasteiger charge is -2.25. The summed E-state index contributed by atoms with van der Waals surface area (Å²) in [7, 11) is 1.21. The van der Waals surface area contributed by atoms with E-state index < -0.39 is 29.5 Å². The first-order valence-corrected chi connectivity index (χ1v) is 9.69. The normalized spacial score (nSPS) is 17.8. The number of benzene rings is 1. The van der Waals surface area contributed by atoms with Gasteiger partial charge in [0.05, 0.1) is 0 Å². The van der Waals surface area contributed by atoms with Crippen molar-refractivity contribution in [1.82, 2.24) is 14.7 Å². The minimum Gasteiger partial charge on any atom is -0.331 e. The van der Waals surface area contributed by atoms with Crippen molar-refractivity contribution in [3.63, 3.8) is 0 Å². The second kappa shape index (κ2) is 6.79. The molecule has 0 bridgehead atoms. The van der Waals surface area contributed by atoms with E-state index in [0.717, 1.165) is 36.8 Å². The summed E-state index contributed by atoms with van der Waals surface area (Å²) < 4.78 is 41.8. The zero-order valence-corrected chi connectivity index (χ0v) is 16.4. The van der Waals surface area contributed by atoms with Crippen LogP contribution in [0.1, 0.15) is 66.2 Å². The van der Waals surface area contributed by atoms with E-state index in [9.17, 15) is 18.0 Å². The number of carbonyl (C=O) groups is 1. The smallest absolute Gasteiger partial charge is 0.283 e. The Morgan fingerprint density at radius 2 is 2.07 bits per heavy atom. The van der Waals surface area contributed by atoms with E-state index in [-0.39, 0.29) is 18.0 Å². The molecule has 2 aromatic rings. The van der Waals surface area contributed by atoms with E-state index in [1.165, 1.54) is 11.9 Å². The van der Waals surface area contributed by atoms with Gasteiger partial charge < -0.3 is 4.90 Å². The molecule has 4 nitrogen and oxygen atoms in total. The van der Waals surface area contributed by atoms with Crippen molar-refractivity contribution in [1.29, 1.82) is 0 Å². The average molecular weight is 412 g/mol. The third-order valence-corrected chi connectivity index (χ3v) is 5.97. The molecule has 0 N–H and O–H groups in total. The first-order chi connectivity index (χ1) is 13.2. The molecule has 4 rings (SSSR count). The third-order valence-electron chi connectivity index (χ3n) is 5.73. The minimum absolute atomic E-state index is 0.0475. The Morgan fingerprint density at radius 1 is 1.39 bits per heavy atom. The summed E-state index contributed by atoms with van der Waals surface area (Å²) in [6, 6.07) is 5.52. The quantitative estimate of drug-likeness (QED) is 0.670. The van der Waals surface area contributed by atoms with E-state index in [1.807, 2.05) is 18.2 Å². The van der Waals surface area contributed by atoms with E-state index in [0.29, 0.717) is 9.70 Å². The maximum absolute atomic E-state index is 14.5. The highest BCUT2D eigenvalue weighted by Gasteiger charge is 2.42. The molecule has 150 valence electrons. The van der Waals surface area contributed by atoms with Crippen molar-refractivity contribution in [3.8, 4) is 0 Å². The van der Waals surface area contributed by atoms with Crippen LogP contribution in [0.2, 0.25) is 5.02 Å². The predicted molar refractivity (Wildman–Crippen MR) is 99.1 cm³/mol. The Morgan fingerprint density at radius 3 is 2.64 bits per heavy atom. The lowest BCUT2D eigenvalue weighted by molar-refractivity contribution is 0.0711. The number of hydrogen-bond donors (Lipinski definition) is 0. The molecular formula is C20H21ClF3N3O. The number of nitrogens with zero attached hydrogens (tertiary/aromatic N) is 3. The lowest BCUT2D eigenvalue weighted by atomic mass is 9.92. The molecule has 0 aliphatic heterocycles. The number of alkyl halides is 2. The Labute approximate surface area is 166 Å². The lowest BCUT2D eigenvalue weighted by Crippen LogP contribution is -2.34. The van der Waals surface area contributed by atoms with Crippen LogP contribution in [-0.2, 0) is 19.0 Å². The Hall–Kier alpha value is -2.02. The summed E-state index contributed by atoms with van der Waals surface area (Å²) in [4.78, 5) is 14.6. The van der Waals surface area contributed by atoms with Gasteiger partial charge in [0.2, 0.25) is 5.95 Å². The second-order valence-corrected chi connectivity index (χ2v) is 8.44. The van der Waals surface area contributed by atoms with Crippen molar-refractivity contribution in [3.05, 3.63) is 51.6 Å². The Kier molecular flexibility index (Phi) is 4.68. The molecule has 2 aliphatic rings. The summed E-state index contributed by atoms with van der Waals surface area (Å²) in [5.41, 5.74) is 0.597. The van der Waals surface area contributed by atoms with Crippen molar-refractivity contribution in [2.24, 2.45) is 7.05 Å². The molecule has 1 aromatic heterocycles. The Bertz CT molecular complexity index is 935. The van der Waals surface area contributed by atoms with Gasteiger partial charge in [0.25, 0.3) is 12.3 Å². The van der Waals surface area contributed by atoms with Gasteiger partial charge in [-0.1, -0.05) is 24.6 Å². The second-order valence-electron chi connectivity index (χ2n) is 8.00. The molecule has 1 amide bonds. The first-order valence-electron chi connectivity index (χ1n) is 9.31. The number of hydrogen-bond acceptors (Lipinski definition) is 2. The molecule has 0 atom stereocenters. The van der Waals surface area contributed by atoms with Crippen molar-refractivity contribution < 1.29 is 18.0 Å². The van der Waals surface area contributed by atoms with Crippen LogP contribution in [0.5, 0.6) is 0 Å². The van der Waals surface area contributed by atoms with Crippen LogP contribution in [0.3, 0.4) is 0 Å². The number of rotatable bonds is 6. The van der Waals surface area contributed by atoms with E-state index in [4.69, 9.17) is 11.6 Å². The standard InChI is InChI=1S/C20H21ClF3N3O/c1-20(7-8-20)14-6-3-12(21)9-11(14)10-27(13-4-5-13)19(28)15-16(17(22)23)25-26(2)18(15)24/h3,6,9,13,17H,4-5,7-8,10H2,1-2H3. The van der Waals surface area contributed by atoms with Crippen LogP contribution >= 0.6 is 11.6 Å². The monoisotopic (exact) mass is 411 g/mol. The molecule has 0 unspecified atom stereocenters. The van der Waals surface area contributed by atoms with Gasteiger partial charge in [-0.2, -0.15) is 9.49 Å². The van der Waals surface area contributed by atoms with Gasteiger partial charge in [-0.05, 0) is 54.4 Å². The molecule has 28 heavy (non-hydrogen) atoms. The number of aryl methyl sites for hydroxylation is 1. The molecule has 1 aromatic carbocycles. The van der Waals surface area contributed by atoms with Gasteiger partial charge in [0.15, 0.2) is 0 Å². The molecule has 2 fully saturated rings. The zero-order valence-electron chi connectivity index (χ0n) is 15.7. The van der Waals surface area contributed by atoms with Crippen LogP contribution in [0.15, 0.2) is 18.2 Å². The number of aromatic nitrogens is 2. The maximum Gasteiger partial charge on any atom is 0.283 e. The molecule has 0 spiro atoms. The van der Waals surface area contributed by atoms with Crippen LogP contribution in [-0.4, -0.2) is 26.6 Å². The topological polar surface area (TPSA) is 38.1 Å². The largest absolute Gasteiger partial charge is 0.331 e. The summed E-state index contributed by atoms with van der Waals surface area (Å²) >= 11 is 6.18. The maximum atomic E-state index is 14.5. The van der Waals surface area contributed by atoms with Crippen molar-refractivity contribution >= 4 is 17.5 Å². The predicted octanol–water partition coefficient (Wildman–Crippen LogP) is 5.01. The van der Waals surface area contributed by atoms with E-state index in [1.54, 1.807) is 0 Å². The zero-order chi connectivity index (χ0) is 20.2. The van der Waals surface area contributed by atoms with Crippen LogP contribution < -0.4 is 0 Å². The van der Waals surface area contributed by atoms with E-state index >= 15 is 0 Å². The summed E-state index contributed by atoms with van der Waals surface area (Å²) in [5.74, 6) is -1.78. The molecular weight excluding hydrogens is 391 g/mol. The molecule has 1 heterocycles. The third kappa shape index (κ3) is 3.41. The fourth-order valence-electron chi connectivity index (χ4n) is 3.69. The molecule has 0 saturated heterocycles. The summed E-state index contributed by atoms with van der Waals surface area (Å²) in [6.45, 7) is 2.37. The molecule has 2 saturated carbocycles. The molecule has 8 heteroatoms. The van der Waals surface area contributed by atoms with Crippen LogP contribution in [0.4, 0.5) is 13.2 Å². The fourth-order valence-corrected chi connectivity index (χ4v) is 3.89. The fraction of sp³-hybridized carbons (Fsp3) is 0.500. The van der Waals surface area contributed by atoms with Gasteiger partial charge in [0, 0.05) is 24.7 Å². The number of amides is 1. The number of halogens is 4. The van der Waals surface area contributed by atoms with Crippen LogP contribution in [0.25, 0.3) is 0 Å². The number of carbonyl (C=O) groups excluding carboxylic acids is 1. The SMILES string of the molecule is Cn1nc(C(F)F)c(C(=O)N(Cc2cc(Cl)ccc2C2(C)CC2)C2CC2)c1F. The Balaban J connectivity index is 1.71.